The lowest BCUT2D eigenvalue weighted by atomic mass is 9.93. The molecular weight excluding hydrogens is 250 g/mol. The van der Waals surface area contributed by atoms with Gasteiger partial charge in [0.25, 0.3) is 0 Å². The third-order valence-corrected chi connectivity index (χ3v) is 3.76. The zero-order valence-corrected chi connectivity index (χ0v) is 11.0. The predicted octanol–water partition coefficient (Wildman–Crippen LogP) is 3.82. The summed E-state index contributed by atoms with van der Waals surface area (Å²) in [6.07, 6.45) is 1.30. The molecule has 82 valence electrons. The molecule has 0 amide bonds. The third kappa shape index (κ3) is 2.36. The van der Waals surface area contributed by atoms with E-state index >= 15 is 0 Å². The lowest BCUT2D eigenvalue weighted by Gasteiger charge is -2.23. The number of benzene rings is 1. The normalized spacial score (nSPS) is 19.5. The van der Waals surface area contributed by atoms with Gasteiger partial charge in [-0.3, -0.25) is 0 Å². The van der Waals surface area contributed by atoms with E-state index < -0.39 is 0 Å². The van der Waals surface area contributed by atoms with Crippen LogP contribution in [0.2, 0.25) is 0 Å². The molecule has 1 nitrogen and oxygen atoms in total. The Balaban J connectivity index is 2.23. The zero-order chi connectivity index (χ0) is 10.9. The monoisotopic (exact) mass is 267 g/mol. The Kier molecular flexibility index (Phi) is 3.06. The van der Waals surface area contributed by atoms with Gasteiger partial charge < -0.3 is 4.90 Å². The van der Waals surface area contributed by atoms with Crippen molar-refractivity contribution in [3.8, 4) is 0 Å². The summed E-state index contributed by atoms with van der Waals surface area (Å²) >= 11 is 3.56. The van der Waals surface area contributed by atoms with Gasteiger partial charge in [-0.2, -0.15) is 0 Å². The van der Waals surface area contributed by atoms with Crippen molar-refractivity contribution in [2.45, 2.75) is 25.6 Å². The standard InChI is InChI=1S/C13H18BrN/c1-13(2)7-8-15(10-13)12-6-4-3-5-11(12)9-14/h3-6H,7-10H2,1-2H3. The molecule has 1 aliphatic heterocycles. The molecule has 2 heteroatoms. The van der Waals surface area contributed by atoms with Crippen LogP contribution in [0.15, 0.2) is 24.3 Å². The lowest BCUT2D eigenvalue weighted by molar-refractivity contribution is 0.418. The highest BCUT2D eigenvalue weighted by atomic mass is 79.9. The van der Waals surface area contributed by atoms with Crippen LogP contribution in [0.4, 0.5) is 5.69 Å². The van der Waals surface area contributed by atoms with Gasteiger partial charge in [0, 0.05) is 24.1 Å². The molecule has 1 aromatic rings. The average molecular weight is 268 g/mol. The fourth-order valence-electron chi connectivity index (χ4n) is 2.25. The van der Waals surface area contributed by atoms with Gasteiger partial charge in [0.2, 0.25) is 0 Å². The molecule has 1 aromatic carbocycles. The Morgan fingerprint density at radius 2 is 2.07 bits per heavy atom. The Bertz CT molecular complexity index is 346. The number of nitrogens with zero attached hydrogens (tertiary/aromatic N) is 1. The van der Waals surface area contributed by atoms with E-state index in [4.69, 9.17) is 0 Å². The largest absolute Gasteiger partial charge is 0.371 e. The summed E-state index contributed by atoms with van der Waals surface area (Å²) in [5.41, 5.74) is 3.27. The average Bonchev–Trinajstić information content (AvgIpc) is 2.59. The highest BCUT2D eigenvalue weighted by Gasteiger charge is 2.29. The third-order valence-electron chi connectivity index (χ3n) is 3.15. The quantitative estimate of drug-likeness (QED) is 0.737. The molecular formula is C13H18BrN. The number of rotatable bonds is 2. The van der Waals surface area contributed by atoms with Crippen LogP contribution in [-0.4, -0.2) is 13.1 Å². The maximum Gasteiger partial charge on any atom is 0.0407 e. The van der Waals surface area contributed by atoms with E-state index in [2.05, 4.69) is 58.9 Å². The summed E-state index contributed by atoms with van der Waals surface area (Å²) in [5, 5.41) is 0.945. The molecule has 0 unspecified atom stereocenters. The summed E-state index contributed by atoms with van der Waals surface area (Å²) in [6.45, 7) is 7.07. The molecule has 0 aliphatic carbocycles. The zero-order valence-electron chi connectivity index (χ0n) is 9.46. The first-order valence-electron chi connectivity index (χ1n) is 5.51. The minimum absolute atomic E-state index is 0.472. The topological polar surface area (TPSA) is 3.24 Å². The van der Waals surface area contributed by atoms with E-state index in [1.165, 1.54) is 30.8 Å². The van der Waals surface area contributed by atoms with E-state index in [0.717, 1.165) is 5.33 Å². The molecule has 1 fully saturated rings. The number of anilines is 1. The van der Waals surface area contributed by atoms with Gasteiger partial charge >= 0.3 is 0 Å². The van der Waals surface area contributed by atoms with Crippen LogP contribution in [0.5, 0.6) is 0 Å². The molecule has 2 rings (SSSR count). The highest BCUT2D eigenvalue weighted by molar-refractivity contribution is 9.08. The van der Waals surface area contributed by atoms with Crippen molar-refractivity contribution in [1.82, 2.24) is 0 Å². The number of alkyl halides is 1. The van der Waals surface area contributed by atoms with Crippen molar-refractivity contribution in [1.29, 1.82) is 0 Å². The second-order valence-electron chi connectivity index (χ2n) is 5.10. The first-order valence-corrected chi connectivity index (χ1v) is 6.63. The first kappa shape index (κ1) is 11.0. The van der Waals surface area contributed by atoms with E-state index in [9.17, 15) is 0 Å². The van der Waals surface area contributed by atoms with E-state index in [-0.39, 0.29) is 0 Å². The molecule has 1 heterocycles. The predicted molar refractivity (Wildman–Crippen MR) is 69.7 cm³/mol. The highest BCUT2D eigenvalue weighted by Crippen LogP contribution is 2.34. The second kappa shape index (κ2) is 4.17. The Morgan fingerprint density at radius 3 is 2.67 bits per heavy atom. The summed E-state index contributed by atoms with van der Waals surface area (Å²) in [5.74, 6) is 0. The smallest absolute Gasteiger partial charge is 0.0407 e. The Labute approximate surface area is 101 Å². The van der Waals surface area contributed by atoms with Crippen LogP contribution in [0.1, 0.15) is 25.8 Å². The molecule has 15 heavy (non-hydrogen) atoms. The van der Waals surface area contributed by atoms with Crippen LogP contribution < -0.4 is 4.90 Å². The molecule has 0 saturated carbocycles. The van der Waals surface area contributed by atoms with Crippen LogP contribution in [-0.2, 0) is 5.33 Å². The SMILES string of the molecule is CC1(C)CCN(c2ccccc2CBr)C1. The molecule has 0 aromatic heterocycles. The van der Waals surface area contributed by atoms with Crippen molar-refractivity contribution in [2.24, 2.45) is 5.41 Å². The molecule has 0 N–H and O–H groups in total. The van der Waals surface area contributed by atoms with Crippen LogP contribution in [0.3, 0.4) is 0 Å². The van der Waals surface area contributed by atoms with Gasteiger partial charge in [0.1, 0.15) is 0 Å². The second-order valence-corrected chi connectivity index (χ2v) is 5.66. The number of hydrogen-bond acceptors (Lipinski definition) is 1. The molecule has 0 radical (unpaired) electrons. The number of halogens is 1. The minimum atomic E-state index is 0.472. The van der Waals surface area contributed by atoms with Gasteiger partial charge in [0.05, 0.1) is 0 Å². The van der Waals surface area contributed by atoms with Crippen LogP contribution in [0.25, 0.3) is 0 Å². The maximum atomic E-state index is 3.56. The van der Waals surface area contributed by atoms with Crippen molar-refractivity contribution < 1.29 is 0 Å². The van der Waals surface area contributed by atoms with Crippen LogP contribution in [0, 0.1) is 5.41 Å². The molecule has 1 saturated heterocycles. The summed E-state index contributed by atoms with van der Waals surface area (Å²) < 4.78 is 0. The summed E-state index contributed by atoms with van der Waals surface area (Å²) in [6, 6.07) is 8.68. The fraction of sp³-hybridized carbons (Fsp3) is 0.538. The first-order chi connectivity index (χ1) is 7.12. The Morgan fingerprint density at radius 1 is 1.33 bits per heavy atom. The molecule has 0 spiro atoms. The number of hydrogen-bond donors (Lipinski definition) is 0. The Hall–Kier alpha value is -0.500. The van der Waals surface area contributed by atoms with E-state index in [1.807, 2.05) is 0 Å². The van der Waals surface area contributed by atoms with Gasteiger partial charge in [-0.15, -0.1) is 0 Å². The molecule has 0 bridgehead atoms. The number of para-hydroxylation sites is 1. The molecule has 1 aliphatic rings. The van der Waals surface area contributed by atoms with Crippen LogP contribution >= 0.6 is 15.9 Å². The van der Waals surface area contributed by atoms with Crippen molar-refractivity contribution >= 4 is 21.6 Å². The minimum Gasteiger partial charge on any atom is -0.371 e. The van der Waals surface area contributed by atoms with Gasteiger partial charge in [-0.1, -0.05) is 48.0 Å². The fourth-order valence-corrected chi connectivity index (χ4v) is 2.72. The van der Waals surface area contributed by atoms with E-state index in [0.29, 0.717) is 5.41 Å². The molecule has 0 atom stereocenters. The maximum absolute atomic E-state index is 3.56. The van der Waals surface area contributed by atoms with Gasteiger partial charge in [0.15, 0.2) is 0 Å². The summed E-state index contributed by atoms with van der Waals surface area (Å²) in [4.78, 5) is 2.51. The summed E-state index contributed by atoms with van der Waals surface area (Å²) in [7, 11) is 0. The van der Waals surface area contributed by atoms with Gasteiger partial charge in [-0.25, -0.2) is 0 Å². The van der Waals surface area contributed by atoms with Crippen molar-refractivity contribution in [3.05, 3.63) is 29.8 Å². The lowest BCUT2D eigenvalue weighted by Crippen LogP contribution is -2.23. The van der Waals surface area contributed by atoms with E-state index in [1.54, 1.807) is 0 Å². The van der Waals surface area contributed by atoms with Crippen molar-refractivity contribution in [2.75, 3.05) is 18.0 Å². The van der Waals surface area contributed by atoms with Crippen molar-refractivity contribution in [3.63, 3.8) is 0 Å². The van der Waals surface area contributed by atoms with Gasteiger partial charge in [-0.05, 0) is 23.5 Å².